The van der Waals surface area contributed by atoms with Crippen LogP contribution >= 0.6 is 0 Å². The fraction of sp³-hybridized carbons (Fsp3) is 0.884. The Balaban J connectivity index is 3.41. The van der Waals surface area contributed by atoms with Crippen molar-refractivity contribution in [3.63, 3.8) is 0 Å². The Kier molecular flexibility index (Phi) is 38.4. The van der Waals surface area contributed by atoms with Gasteiger partial charge in [0.15, 0.2) is 0 Å². The van der Waals surface area contributed by atoms with Gasteiger partial charge in [-0.1, -0.05) is 212 Å². The highest BCUT2D eigenvalue weighted by molar-refractivity contribution is 5.76. The maximum Gasteiger partial charge on any atom is 0.220 e. The molecule has 0 aromatic rings. The van der Waals surface area contributed by atoms with Crippen LogP contribution in [-0.4, -0.2) is 34.9 Å². The third-order valence-electron chi connectivity index (χ3n) is 9.69. The molecule has 0 heterocycles. The summed E-state index contributed by atoms with van der Waals surface area (Å²) in [5, 5.41) is 22.7. The average Bonchev–Trinajstić information content (AvgIpc) is 3.07. The zero-order valence-electron chi connectivity index (χ0n) is 31.8. The fourth-order valence-electron chi connectivity index (χ4n) is 6.43. The Hall–Kier alpha value is -1.13. The molecule has 0 spiro atoms. The number of rotatable bonds is 38. The van der Waals surface area contributed by atoms with Gasteiger partial charge in [-0.05, 0) is 32.1 Å². The van der Waals surface area contributed by atoms with Crippen molar-refractivity contribution in [1.82, 2.24) is 5.32 Å². The van der Waals surface area contributed by atoms with Crippen LogP contribution in [0, 0.1) is 0 Å². The van der Waals surface area contributed by atoms with Gasteiger partial charge in [0.25, 0.3) is 0 Å². The molecule has 4 nitrogen and oxygen atoms in total. The summed E-state index contributed by atoms with van der Waals surface area (Å²) in [5.41, 5.74) is 0. The van der Waals surface area contributed by atoms with Gasteiger partial charge in [0.05, 0.1) is 18.8 Å². The van der Waals surface area contributed by atoms with Crippen molar-refractivity contribution in [2.24, 2.45) is 0 Å². The first-order valence-electron chi connectivity index (χ1n) is 21.1. The van der Waals surface area contributed by atoms with Crippen molar-refractivity contribution >= 4 is 5.91 Å². The molecule has 0 saturated heterocycles. The van der Waals surface area contributed by atoms with E-state index in [1.807, 2.05) is 6.08 Å². The maximum atomic E-state index is 12.1. The van der Waals surface area contributed by atoms with Crippen LogP contribution in [0.15, 0.2) is 24.3 Å². The SMILES string of the molecule is CCCCCCCCCCCCCCCCCCCCCCCCCC/C=C/CC/C=C/C(O)C(CO)NC(=O)CCCCCCC. The van der Waals surface area contributed by atoms with E-state index in [4.69, 9.17) is 0 Å². The topological polar surface area (TPSA) is 69.6 Å². The van der Waals surface area contributed by atoms with Crippen LogP contribution in [0.25, 0.3) is 0 Å². The lowest BCUT2D eigenvalue weighted by atomic mass is 10.0. The van der Waals surface area contributed by atoms with Crippen molar-refractivity contribution in [3.05, 3.63) is 24.3 Å². The molecule has 2 atom stereocenters. The highest BCUT2D eigenvalue weighted by Crippen LogP contribution is 2.16. The molecule has 2 unspecified atom stereocenters. The van der Waals surface area contributed by atoms with Crippen LogP contribution in [0.1, 0.15) is 226 Å². The molecule has 0 aromatic carbocycles. The molecule has 1 amide bonds. The van der Waals surface area contributed by atoms with Crippen LogP contribution in [0.2, 0.25) is 0 Å². The summed E-state index contributed by atoms with van der Waals surface area (Å²) in [5.74, 6) is -0.0864. The molecule has 0 fully saturated rings. The molecule has 0 rings (SSSR count). The molecule has 0 saturated carbocycles. The normalized spacial score (nSPS) is 13.2. The van der Waals surface area contributed by atoms with E-state index in [1.54, 1.807) is 6.08 Å². The van der Waals surface area contributed by atoms with Gasteiger partial charge in [0.1, 0.15) is 0 Å². The number of carbonyl (C=O) groups excluding carboxylic acids is 1. The molecule has 47 heavy (non-hydrogen) atoms. The van der Waals surface area contributed by atoms with Gasteiger partial charge in [0, 0.05) is 6.42 Å². The van der Waals surface area contributed by atoms with Crippen molar-refractivity contribution in [2.45, 2.75) is 238 Å². The van der Waals surface area contributed by atoms with Crippen molar-refractivity contribution < 1.29 is 15.0 Å². The number of allylic oxidation sites excluding steroid dienone is 3. The lowest BCUT2D eigenvalue weighted by Gasteiger charge is -2.19. The van der Waals surface area contributed by atoms with Crippen LogP contribution < -0.4 is 5.32 Å². The van der Waals surface area contributed by atoms with Crippen LogP contribution in [0.3, 0.4) is 0 Å². The molecule has 0 bridgehead atoms. The zero-order chi connectivity index (χ0) is 34.3. The summed E-state index contributed by atoms with van der Waals surface area (Å²) in [6.45, 7) is 4.22. The zero-order valence-corrected chi connectivity index (χ0v) is 31.8. The number of hydrogen-bond acceptors (Lipinski definition) is 3. The van der Waals surface area contributed by atoms with Gasteiger partial charge in [-0.25, -0.2) is 0 Å². The lowest BCUT2D eigenvalue weighted by molar-refractivity contribution is -0.123. The first-order valence-corrected chi connectivity index (χ1v) is 21.1. The van der Waals surface area contributed by atoms with Crippen LogP contribution in [0.5, 0.6) is 0 Å². The van der Waals surface area contributed by atoms with Gasteiger partial charge in [-0.3, -0.25) is 4.79 Å². The van der Waals surface area contributed by atoms with E-state index in [0.717, 1.165) is 38.5 Å². The van der Waals surface area contributed by atoms with Gasteiger partial charge in [-0.15, -0.1) is 0 Å². The second kappa shape index (κ2) is 39.3. The first-order chi connectivity index (χ1) is 23.2. The van der Waals surface area contributed by atoms with E-state index in [0.29, 0.717) is 6.42 Å². The Morgan fingerprint density at radius 2 is 0.830 bits per heavy atom. The first kappa shape index (κ1) is 45.9. The van der Waals surface area contributed by atoms with Crippen LogP contribution in [0.4, 0.5) is 0 Å². The third kappa shape index (κ3) is 36.0. The van der Waals surface area contributed by atoms with Crippen LogP contribution in [-0.2, 0) is 4.79 Å². The third-order valence-corrected chi connectivity index (χ3v) is 9.69. The Morgan fingerprint density at radius 1 is 0.489 bits per heavy atom. The molecule has 0 aliphatic heterocycles. The number of amides is 1. The number of carbonyl (C=O) groups is 1. The molecule has 0 aliphatic rings. The van der Waals surface area contributed by atoms with E-state index in [-0.39, 0.29) is 12.5 Å². The second-order valence-corrected chi connectivity index (χ2v) is 14.4. The fourth-order valence-corrected chi connectivity index (χ4v) is 6.43. The standard InChI is InChI=1S/C43H83NO3/c1-3-5-7-9-10-11-12-13-14-15-16-17-18-19-20-21-22-23-24-25-26-27-28-29-30-31-32-33-35-36-38-42(46)41(40-45)44-43(47)39-37-34-8-6-4-2/h31-32,36,38,41-42,45-46H,3-30,33-35,37,39-40H2,1-2H3,(H,44,47)/b32-31+,38-36+. The van der Waals surface area contributed by atoms with Gasteiger partial charge in [-0.2, -0.15) is 0 Å². The number of aliphatic hydroxyl groups excluding tert-OH is 2. The van der Waals surface area contributed by atoms with Crippen molar-refractivity contribution in [1.29, 1.82) is 0 Å². The predicted octanol–water partition coefficient (Wildman–Crippen LogP) is 12.8. The van der Waals surface area contributed by atoms with Crippen molar-refractivity contribution in [3.8, 4) is 0 Å². The molecular formula is C43H83NO3. The van der Waals surface area contributed by atoms with Gasteiger partial charge >= 0.3 is 0 Å². The lowest BCUT2D eigenvalue weighted by Crippen LogP contribution is -2.45. The number of unbranched alkanes of at least 4 members (excludes halogenated alkanes) is 29. The Labute approximate surface area is 294 Å². The molecule has 0 radical (unpaired) electrons. The minimum absolute atomic E-state index is 0.0864. The molecule has 4 heteroatoms. The molecule has 3 N–H and O–H groups in total. The summed E-state index contributed by atoms with van der Waals surface area (Å²) in [4.78, 5) is 12.1. The highest BCUT2D eigenvalue weighted by Gasteiger charge is 2.17. The summed E-state index contributed by atoms with van der Waals surface area (Å²) < 4.78 is 0. The minimum Gasteiger partial charge on any atom is -0.394 e. The quantitative estimate of drug-likeness (QED) is 0.0455. The maximum absolute atomic E-state index is 12.1. The molecule has 278 valence electrons. The Bertz CT molecular complexity index is 676. The molecule has 0 aliphatic carbocycles. The summed E-state index contributed by atoms with van der Waals surface area (Å²) >= 11 is 0. The average molecular weight is 662 g/mol. The minimum atomic E-state index is -0.855. The predicted molar refractivity (Wildman–Crippen MR) is 207 cm³/mol. The summed E-state index contributed by atoms with van der Waals surface area (Å²) in [6.07, 6.45) is 50.6. The van der Waals surface area contributed by atoms with E-state index in [9.17, 15) is 15.0 Å². The monoisotopic (exact) mass is 662 g/mol. The number of aliphatic hydroxyl groups is 2. The van der Waals surface area contributed by atoms with Crippen molar-refractivity contribution in [2.75, 3.05) is 6.61 Å². The molecular weight excluding hydrogens is 578 g/mol. The van der Waals surface area contributed by atoms with Gasteiger partial charge in [0.2, 0.25) is 5.91 Å². The smallest absolute Gasteiger partial charge is 0.220 e. The van der Waals surface area contributed by atoms with Gasteiger partial charge < -0.3 is 15.5 Å². The number of hydrogen-bond donors (Lipinski definition) is 3. The van der Waals surface area contributed by atoms with E-state index >= 15 is 0 Å². The Morgan fingerprint density at radius 3 is 1.23 bits per heavy atom. The number of nitrogens with one attached hydrogen (secondary N) is 1. The van der Waals surface area contributed by atoms with E-state index in [1.165, 1.54) is 167 Å². The largest absolute Gasteiger partial charge is 0.394 e. The van der Waals surface area contributed by atoms with E-state index < -0.39 is 12.1 Å². The van der Waals surface area contributed by atoms with E-state index in [2.05, 4.69) is 31.3 Å². The summed E-state index contributed by atoms with van der Waals surface area (Å²) in [6, 6.07) is -0.631. The molecule has 0 aromatic heterocycles. The second-order valence-electron chi connectivity index (χ2n) is 14.4. The highest BCUT2D eigenvalue weighted by atomic mass is 16.3. The summed E-state index contributed by atoms with van der Waals surface area (Å²) in [7, 11) is 0.